The Bertz CT molecular complexity index is 1840. The molecule has 4 heteroatoms. The fourth-order valence-electron chi connectivity index (χ4n) is 8.36. The lowest BCUT2D eigenvalue weighted by atomic mass is 9.63. The first kappa shape index (κ1) is 23.3. The van der Waals surface area contributed by atoms with E-state index in [1.807, 2.05) is 0 Å². The lowest BCUT2D eigenvalue weighted by molar-refractivity contribution is 0.0900. The van der Waals surface area contributed by atoms with Gasteiger partial charge < -0.3 is 4.90 Å². The molecule has 0 amide bonds. The van der Waals surface area contributed by atoms with Crippen LogP contribution in [0.3, 0.4) is 0 Å². The topological polar surface area (TPSA) is 34.0 Å². The van der Waals surface area contributed by atoms with Crippen LogP contribution in [0, 0.1) is 11.8 Å². The maximum Gasteiger partial charge on any atom is 0.162 e. The van der Waals surface area contributed by atoms with Crippen molar-refractivity contribution in [2.24, 2.45) is 11.8 Å². The number of aromatic nitrogens is 3. The van der Waals surface area contributed by atoms with E-state index in [4.69, 9.17) is 9.97 Å². The molecule has 0 atom stereocenters. The van der Waals surface area contributed by atoms with Crippen LogP contribution >= 0.6 is 0 Å². The molecule has 200 valence electrons. The summed E-state index contributed by atoms with van der Waals surface area (Å²) in [6.45, 7) is 0. The Labute approximate surface area is 240 Å². The van der Waals surface area contributed by atoms with Gasteiger partial charge in [0.25, 0.3) is 0 Å². The second-order valence-electron chi connectivity index (χ2n) is 12.3. The minimum absolute atomic E-state index is 0.686. The van der Waals surface area contributed by atoms with Crippen LogP contribution < -0.4 is 4.90 Å². The summed E-state index contributed by atoms with van der Waals surface area (Å²) in [5.74, 6) is 3.55. The monoisotopic (exact) mass is 532 g/mol. The maximum absolute atomic E-state index is 5.28. The molecule has 4 bridgehead atoms. The third kappa shape index (κ3) is 3.73. The standard InChI is InChI=1S/C37H32N4/c1-2-9-26(10-3-1)33-23-36(41-34-15-6-4-13-31(34)32-14-5-7-16-35(32)41)39-37(38-33)27-11-8-12-28(22-27)40-29-18-24-17-25(20-29)21-30(40)19-24/h1-16,22-25,29-30H,17-21H2. The zero-order valence-corrected chi connectivity index (χ0v) is 23.0. The molecule has 2 aliphatic carbocycles. The SMILES string of the molecule is c1ccc(-c2cc(-n3c4ccccc4c4ccccc43)nc(-c3cccc(N4C5CC6CC(C5)CC4C6)c3)n2)cc1. The van der Waals surface area contributed by atoms with E-state index in [2.05, 4.69) is 119 Å². The molecular weight excluding hydrogens is 500 g/mol. The van der Waals surface area contributed by atoms with E-state index in [0.29, 0.717) is 12.1 Å². The summed E-state index contributed by atoms with van der Waals surface area (Å²) in [4.78, 5) is 13.2. The van der Waals surface area contributed by atoms with Crippen molar-refractivity contribution in [3.63, 3.8) is 0 Å². The van der Waals surface area contributed by atoms with Gasteiger partial charge in [0.2, 0.25) is 0 Å². The van der Waals surface area contributed by atoms with Gasteiger partial charge in [-0.15, -0.1) is 0 Å². The van der Waals surface area contributed by atoms with Gasteiger partial charge in [0.1, 0.15) is 5.82 Å². The second-order valence-corrected chi connectivity index (χ2v) is 12.3. The van der Waals surface area contributed by atoms with E-state index in [-0.39, 0.29) is 0 Å². The minimum atomic E-state index is 0.686. The van der Waals surface area contributed by atoms with Gasteiger partial charge in [-0.25, -0.2) is 9.97 Å². The van der Waals surface area contributed by atoms with Crippen molar-refractivity contribution in [2.75, 3.05) is 4.90 Å². The molecule has 4 nitrogen and oxygen atoms in total. The largest absolute Gasteiger partial charge is 0.366 e. The molecule has 2 aromatic heterocycles. The number of anilines is 1. The Morgan fingerprint density at radius 1 is 0.537 bits per heavy atom. The van der Waals surface area contributed by atoms with Gasteiger partial charge in [0.05, 0.1) is 16.7 Å². The van der Waals surface area contributed by atoms with Crippen molar-refractivity contribution >= 4 is 27.5 Å². The van der Waals surface area contributed by atoms with Gasteiger partial charge in [-0.05, 0) is 68.2 Å². The van der Waals surface area contributed by atoms with E-state index in [1.54, 1.807) is 0 Å². The number of benzene rings is 4. The second kappa shape index (κ2) is 9.04. The Morgan fingerprint density at radius 2 is 1.15 bits per heavy atom. The highest BCUT2D eigenvalue weighted by atomic mass is 15.2. The normalized spacial score (nSPS) is 23.1. The molecule has 2 saturated carbocycles. The van der Waals surface area contributed by atoms with Gasteiger partial charge in [-0.3, -0.25) is 4.57 Å². The summed E-state index contributed by atoms with van der Waals surface area (Å²) in [6.07, 6.45) is 6.89. The van der Waals surface area contributed by atoms with Crippen molar-refractivity contribution in [1.82, 2.24) is 14.5 Å². The Balaban J connectivity index is 1.23. The molecular formula is C37H32N4. The smallest absolute Gasteiger partial charge is 0.162 e. The maximum atomic E-state index is 5.28. The van der Waals surface area contributed by atoms with E-state index in [9.17, 15) is 0 Å². The van der Waals surface area contributed by atoms with E-state index in [1.165, 1.54) is 48.6 Å². The lowest BCUT2D eigenvalue weighted by Crippen LogP contribution is -2.58. The number of piperidine rings is 2. The van der Waals surface area contributed by atoms with Crippen molar-refractivity contribution < 1.29 is 0 Å². The Hall–Kier alpha value is -4.44. The molecule has 2 saturated heterocycles. The highest BCUT2D eigenvalue weighted by Gasteiger charge is 2.46. The van der Waals surface area contributed by atoms with Gasteiger partial charge in [0.15, 0.2) is 5.82 Å². The number of para-hydroxylation sites is 2. The lowest BCUT2D eigenvalue weighted by Gasteiger charge is -2.57. The number of fused-ring (bicyclic) bond motifs is 3. The third-order valence-corrected chi connectivity index (χ3v) is 9.87. The molecule has 10 rings (SSSR count). The first-order valence-electron chi connectivity index (χ1n) is 15.1. The van der Waals surface area contributed by atoms with Gasteiger partial charge >= 0.3 is 0 Å². The van der Waals surface area contributed by atoms with Crippen molar-refractivity contribution in [1.29, 1.82) is 0 Å². The summed E-state index contributed by atoms with van der Waals surface area (Å²) in [6, 6.07) is 40.3. The van der Waals surface area contributed by atoms with Gasteiger partial charge in [-0.2, -0.15) is 0 Å². The number of nitrogens with zero attached hydrogens (tertiary/aromatic N) is 4. The average molecular weight is 533 g/mol. The highest BCUT2D eigenvalue weighted by Crippen LogP contribution is 2.50. The zero-order chi connectivity index (χ0) is 26.9. The molecule has 6 aromatic rings. The summed E-state index contributed by atoms with van der Waals surface area (Å²) in [5.41, 5.74) is 6.77. The molecule has 4 aliphatic rings. The molecule has 0 unspecified atom stereocenters. The number of hydrogen-bond donors (Lipinski definition) is 0. The predicted octanol–water partition coefficient (Wildman–Crippen LogP) is 8.68. The number of hydrogen-bond acceptors (Lipinski definition) is 3. The van der Waals surface area contributed by atoms with Crippen LogP contribution in [0.5, 0.6) is 0 Å². The van der Waals surface area contributed by atoms with Crippen molar-refractivity contribution in [3.8, 4) is 28.5 Å². The molecule has 4 heterocycles. The minimum Gasteiger partial charge on any atom is -0.366 e. The van der Waals surface area contributed by atoms with Crippen LogP contribution in [-0.4, -0.2) is 26.6 Å². The molecule has 4 aromatic carbocycles. The van der Waals surface area contributed by atoms with Crippen LogP contribution in [0.1, 0.15) is 32.1 Å². The first-order valence-corrected chi connectivity index (χ1v) is 15.1. The van der Waals surface area contributed by atoms with E-state index >= 15 is 0 Å². The summed E-state index contributed by atoms with van der Waals surface area (Å²) >= 11 is 0. The summed E-state index contributed by atoms with van der Waals surface area (Å²) < 4.78 is 2.30. The van der Waals surface area contributed by atoms with E-state index in [0.717, 1.165) is 51.3 Å². The van der Waals surface area contributed by atoms with E-state index < -0.39 is 0 Å². The quantitative estimate of drug-likeness (QED) is 0.228. The predicted molar refractivity (Wildman–Crippen MR) is 167 cm³/mol. The molecule has 0 spiro atoms. The van der Waals surface area contributed by atoms with Crippen molar-refractivity contribution in [2.45, 2.75) is 44.2 Å². The van der Waals surface area contributed by atoms with Crippen molar-refractivity contribution in [3.05, 3.63) is 109 Å². The zero-order valence-electron chi connectivity index (χ0n) is 23.0. The highest BCUT2D eigenvalue weighted by molar-refractivity contribution is 6.09. The number of rotatable bonds is 4. The van der Waals surface area contributed by atoms with Gasteiger partial charge in [-0.1, -0.05) is 78.9 Å². The molecule has 0 radical (unpaired) electrons. The molecule has 41 heavy (non-hydrogen) atoms. The summed E-state index contributed by atoms with van der Waals surface area (Å²) in [5, 5.41) is 2.47. The van der Waals surface area contributed by atoms with Crippen LogP contribution in [0.2, 0.25) is 0 Å². The van der Waals surface area contributed by atoms with Crippen LogP contribution in [0.25, 0.3) is 50.3 Å². The average Bonchev–Trinajstić information content (AvgIpc) is 3.35. The molecule has 4 fully saturated rings. The van der Waals surface area contributed by atoms with Crippen LogP contribution in [-0.2, 0) is 0 Å². The first-order chi connectivity index (χ1) is 20.3. The third-order valence-electron chi connectivity index (χ3n) is 9.87. The summed E-state index contributed by atoms with van der Waals surface area (Å²) in [7, 11) is 0. The Kier molecular flexibility index (Phi) is 5.13. The molecule has 2 aliphatic heterocycles. The fourth-order valence-corrected chi connectivity index (χ4v) is 8.36. The fraction of sp³-hybridized carbons (Fsp3) is 0.243. The Morgan fingerprint density at radius 3 is 1.83 bits per heavy atom. The van der Waals surface area contributed by atoms with Crippen LogP contribution in [0.4, 0.5) is 5.69 Å². The van der Waals surface area contributed by atoms with Gasteiger partial charge in [0, 0.05) is 45.7 Å². The molecule has 0 N–H and O–H groups in total. The van der Waals surface area contributed by atoms with Crippen LogP contribution in [0.15, 0.2) is 109 Å².